The molecule has 0 amide bonds. The van der Waals surface area contributed by atoms with E-state index in [4.69, 9.17) is 0 Å². The van der Waals surface area contributed by atoms with E-state index in [0.717, 1.165) is 6.07 Å². The molecule has 0 radical (unpaired) electrons. The number of halogens is 2. The van der Waals surface area contributed by atoms with E-state index in [1.54, 1.807) is 6.92 Å². The minimum absolute atomic E-state index is 0.314. The summed E-state index contributed by atoms with van der Waals surface area (Å²) in [5, 5.41) is 10.7. The van der Waals surface area contributed by atoms with Crippen LogP contribution in [0.15, 0.2) is 24.3 Å². The largest absolute Gasteiger partial charge is 0.347 e. The summed E-state index contributed by atoms with van der Waals surface area (Å²) >= 11 is 0. The molecular weight excluding hydrogens is 376 g/mol. The van der Waals surface area contributed by atoms with Crippen LogP contribution in [-0.4, -0.2) is 24.7 Å². The summed E-state index contributed by atoms with van der Waals surface area (Å²) in [5.41, 5.74) is 1.52. The second-order valence-corrected chi connectivity index (χ2v) is 7.26. The van der Waals surface area contributed by atoms with E-state index in [1.807, 2.05) is 24.7 Å². The van der Waals surface area contributed by atoms with Gasteiger partial charge in [0.05, 0.1) is 6.04 Å². The number of rotatable bonds is 7. The van der Waals surface area contributed by atoms with Gasteiger partial charge < -0.3 is 10.6 Å². The molecule has 1 aliphatic rings. The normalized spacial score (nSPS) is 14.7. The Kier molecular flexibility index (Phi) is 5.12. The van der Waals surface area contributed by atoms with Crippen LogP contribution in [0.3, 0.4) is 0 Å². The maximum atomic E-state index is 14.1. The van der Waals surface area contributed by atoms with Gasteiger partial charge in [0, 0.05) is 42.8 Å². The number of nitrogens with one attached hydrogen (secondary N) is 2. The first-order chi connectivity index (χ1) is 13.9. The smallest absolute Gasteiger partial charge is 0.233 e. The van der Waals surface area contributed by atoms with Crippen molar-refractivity contribution >= 4 is 17.7 Å². The third-order valence-electron chi connectivity index (χ3n) is 4.92. The zero-order chi connectivity index (χ0) is 20.5. The molecule has 9 heteroatoms. The molecule has 29 heavy (non-hydrogen) atoms. The van der Waals surface area contributed by atoms with Crippen LogP contribution in [0.25, 0.3) is 0 Å². The summed E-state index contributed by atoms with van der Waals surface area (Å²) in [7, 11) is 1.93. The number of nitrogens with zero attached hydrogens (tertiary/aromatic N) is 5. The first-order valence-corrected chi connectivity index (χ1v) is 9.70. The molecule has 0 saturated heterocycles. The van der Waals surface area contributed by atoms with Crippen LogP contribution in [0.4, 0.5) is 26.5 Å². The van der Waals surface area contributed by atoms with Crippen LogP contribution in [0.2, 0.25) is 0 Å². The molecule has 1 aromatic carbocycles. The number of hydrogen-bond acceptors (Lipinski definition) is 6. The highest BCUT2D eigenvalue weighted by Gasteiger charge is 2.27. The van der Waals surface area contributed by atoms with Gasteiger partial charge in [-0.25, -0.2) is 8.78 Å². The first-order valence-electron chi connectivity index (χ1n) is 9.70. The average molecular weight is 399 g/mol. The molecule has 0 spiro atoms. The lowest BCUT2D eigenvalue weighted by Crippen LogP contribution is -2.14. The Labute approximate surface area is 167 Å². The molecule has 7 nitrogen and oxygen atoms in total. The molecule has 1 aliphatic carbocycles. The zero-order valence-corrected chi connectivity index (χ0v) is 16.6. The Morgan fingerprint density at radius 1 is 1.14 bits per heavy atom. The van der Waals surface area contributed by atoms with E-state index in [2.05, 4.69) is 30.7 Å². The summed E-state index contributed by atoms with van der Waals surface area (Å²) in [6, 6.07) is 5.07. The zero-order valence-electron chi connectivity index (χ0n) is 16.6. The van der Waals surface area contributed by atoms with E-state index in [1.165, 1.54) is 30.7 Å². The third kappa shape index (κ3) is 4.33. The summed E-state index contributed by atoms with van der Waals surface area (Å²) in [6.07, 6.45) is 2.99. The van der Waals surface area contributed by atoms with Gasteiger partial charge in [-0.2, -0.15) is 20.1 Å². The molecule has 2 aromatic heterocycles. The van der Waals surface area contributed by atoms with Crippen molar-refractivity contribution in [3.8, 4) is 0 Å². The van der Waals surface area contributed by atoms with Gasteiger partial charge in [-0.1, -0.05) is 13.0 Å². The lowest BCUT2D eigenvalue weighted by atomic mass is 10.1. The first kappa shape index (κ1) is 19.2. The highest BCUT2D eigenvalue weighted by molar-refractivity contribution is 5.50. The third-order valence-corrected chi connectivity index (χ3v) is 4.92. The topological polar surface area (TPSA) is 80.5 Å². The van der Waals surface area contributed by atoms with Gasteiger partial charge in [-0.05, 0) is 25.8 Å². The molecular formula is C20H23F2N7. The number of aromatic nitrogens is 5. The highest BCUT2D eigenvalue weighted by Crippen LogP contribution is 2.40. The number of aryl methyl sites for hydroxylation is 2. The van der Waals surface area contributed by atoms with Crippen molar-refractivity contribution in [1.29, 1.82) is 0 Å². The van der Waals surface area contributed by atoms with Gasteiger partial charge in [0.1, 0.15) is 17.5 Å². The fraction of sp³-hybridized carbons (Fsp3) is 0.400. The van der Waals surface area contributed by atoms with Crippen molar-refractivity contribution in [2.75, 3.05) is 10.6 Å². The maximum Gasteiger partial charge on any atom is 0.233 e. The summed E-state index contributed by atoms with van der Waals surface area (Å²) in [4.78, 5) is 13.2. The Bertz CT molecular complexity index is 1030. The fourth-order valence-electron chi connectivity index (χ4n) is 3.24. The van der Waals surface area contributed by atoms with E-state index in [-0.39, 0.29) is 0 Å². The molecule has 2 N–H and O–H groups in total. The van der Waals surface area contributed by atoms with Crippen molar-refractivity contribution in [1.82, 2.24) is 24.7 Å². The monoisotopic (exact) mass is 399 g/mol. The molecule has 4 rings (SSSR count). The quantitative estimate of drug-likeness (QED) is 0.619. The van der Waals surface area contributed by atoms with E-state index < -0.39 is 17.7 Å². The molecule has 2 heterocycles. The minimum atomic E-state index is -0.616. The molecule has 1 fully saturated rings. The summed E-state index contributed by atoms with van der Waals surface area (Å²) < 4.78 is 29.1. The van der Waals surface area contributed by atoms with Crippen molar-refractivity contribution in [2.45, 2.75) is 45.1 Å². The molecule has 152 valence electrons. The van der Waals surface area contributed by atoms with Gasteiger partial charge in [0.25, 0.3) is 0 Å². The van der Waals surface area contributed by atoms with Crippen LogP contribution < -0.4 is 10.6 Å². The van der Waals surface area contributed by atoms with Gasteiger partial charge >= 0.3 is 0 Å². The van der Waals surface area contributed by atoms with Crippen molar-refractivity contribution in [3.05, 3.63) is 53.0 Å². The lowest BCUT2D eigenvalue weighted by molar-refractivity contribution is 0.566. The van der Waals surface area contributed by atoms with E-state index >= 15 is 0 Å². The van der Waals surface area contributed by atoms with Crippen molar-refractivity contribution in [2.24, 2.45) is 7.05 Å². The molecule has 1 atom stereocenters. The van der Waals surface area contributed by atoms with E-state index in [0.29, 0.717) is 41.4 Å². The molecule has 3 aromatic rings. The predicted octanol–water partition coefficient (Wildman–Crippen LogP) is 4.24. The van der Waals surface area contributed by atoms with Crippen LogP contribution in [-0.2, 0) is 13.5 Å². The van der Waals surface area contributed by atoms with Crippen LogP contribution in [0, 0.1) is 11.6 Å². The molecule has 1 saturated carbocycles. The van der Waals surface area contributed by atoms with Gasteiger partial charge in [-0.15, -0.1) is 0 Å². The van der Waals surface area contributed by atoms with Crippen molar-refractivity contribution in [3.63, 3.8) is 0 Å². The molecule has 0 bridgehead atoms. The lowest BCUT2D eigenvalue weighted by Gasteiger charge is -2.16. The predicted molar refractivity (Wildman–Crippen MR) is 106 cm³/mol. The van der Waals surface area contributed by atoms with Gasteiger partial charge in [0.2, 0.25) is 11.9 Å². The maximum absolute atomic E-state index is 14.1. The molecule has 0 aliphatic heterocycles. The van der Waals surface area contributed by atoms with Crippen LogP contribution in [0.1, 0.15) is 55.7 Å². The van der Waals surface area contributed by atoms with Gasteiger partial charge in [-0.3, -0.25) is 4.68 Å². The second kappa shape index (κ2) is 7.73. The standard InChI is InChI=1S/C20H23F2N7/c1-4-17-24-19(23-11(2)14-8-7-13(21)9-15(14)22)27-20(25-17)26-18-10-16(12-5-6-12)29(3)28-18/h7-12H,4-6H2,1-3H3,(H2,23,24,25,26,27,28). The Morgan fingerprint density at radius 2 is 1.90 bits per heavy atom. The van der Waals surface area contributed by atoms with Crippen molar-refractivity contribution < 1.29 is 8.78 Å². The SMILES string of the molecule is CCc1nc(Nc2cc(C3CC3)n(C)n2)nc(NC(C)c2ccc(F)cc2F)n1. The summed E-state index contributed by atoms with van der Waals surface area (Å²) in [5.74, 6) is 1.30. The Balaban J connectivity index is 1.55. The molecule has 1 unspecified atom stereocenters. The fourth-order valence-corrected chi connectivity index (χ4v) is 3.24. The Hall–Kier alpha value is -3.10. The van der Waals surface area contributed by atoms with Crippen LogP contribution >= 0.6 is 0 Å². The second-order valence-electron chi connectivity index (χ2n) is 7.26. The number of anilines is 3. The van der Waals surface area contributed by atoms with Gasteiger partial charge in [0.15, 0.2) is 5.82 Å². The average Bonchev–Trinajstić information content (AvgIpc) is 3.44. The summed E-state index contributed by atoms with van der Waals surface area (Å²) in [6.45, 7) is 3.71. The number of hydrogen-bond donors (Lipinski definition) is 2. The highest BCUT2D eigenvalue weighted by atomic mass is 19.1. The van der Waals surface area contributed by atoms with E-state index in [9.17, 15) is 8.78 Å². The Morgan fingerprint density at radius 3 is 2.59 bits per heavy atom. The minimum Gasteiger partial charge on any atom is -0.347 e. The number of benzene rings is 1. The van der Waals surface area contributed by atoms with Crippen LogP contribution in [0.5, 0.6) is 0 Å².